The topological polar surface area (TPSA) is 105 Å². The van der Waals surface area contributed by atoms with E-state index in [1.807, 2.05) is 38.2 Å². The lowest BCUT2D eigenvalue weighted by molar-refractivity contribution is -0.143. The highest BCUT2D eigenvalue weighted by Crippen LogP contribution is 2.42. The number of benzene rings is 2. The van der Waals surface area contributed by atoms with Gasteiger partial charge in [0.25, 0.3) is 5.91 Å². The smallest absolute Gasteiger partial charge is 0.254 e. The van der Waals surface area contributed by atoms with Crippen LogP contribution in [-0.2, 0) is 38.8 Å². The predicted molar refractivity (Wildman–Crippen MR) is 142 cm³/mol. The van der Waals surface area contributed by atoms with Gasteiger partial charge in [0, 0.05) is 30.0 Å². The molecule has 2 fully saturated rings. The summed E-state index contributed by atoms with van der Waals surface area (Å²) >= 11 is 0. The van der Waals surface area contributed by atoms with Crippen molar-refractivity contribution in [2.45, 2.75) is 36.8 Å². The molecule has 3 heterocycles. The van der Waals surface area contributed by atoms with Crippen LogP contribution in [-0.4, -0.2) is 82.2 Å². The molecule has 0 spiro atoms. The van der Waals surface area contributed by atoms with Crippen molar-refractivity contribution in [3.8, 4) is 5.75 Å². The normalized spacial score (nSPS) is 25.7. The van der Waals surface area contributed by atoms with E-state index in [9.17, 15) is 19.2 Å². The van der Waals surface area contributed by atoms with Crippen LogP contribution in [0.15, 0.2) is 42.5 Å². The first-order chi connectivity index (χ1) is 17.7. The summed E-state index contributed by atoms with van der Waals surface area (Å²) in [6.07, 6.45) is 0. The lowest BCUT2D eigenvalue weighted by atomic mass is 9.48. The molecule has 2 aromatic rings. The Bertz CT molecular complexity index is 1270. The minimum Gasteiger partial charge on any atom is -0.489 e. The Morgan fingerprint density at radius 2 is 1.78 bits per heavy atom. The van der Waals surface area contributed by atoms with Crippen molar-refractivity contribution < 1.29 is 28.7 Å². The number of amides is 4. The molecule has 5 rings (SSSR count). The van der Waals surface area contributed by atoms with Gasteiger partial charge in [0.1, 0.15) is 42.5 Å². The van der Waals surface area contributed by atoms with E-state index >= 15 is 0 Å². The van der Waals surface area contributed by atoms with E-state index in [0.29, 0.717) is 37.6 Å². The number of carbonyl (C=O) groups excluding carboxylic acids is 4. The van der Waals surface area contributed by atoms with Crippen molar-refractivity contribution in [3.63, 3.8) is 0 Å². The van der Waals surface area contributed by atoms with Gasteiger partial charge in [-0.2, -0.15) is 0 Å². The molecule has 3 aliphatic heterocycles. The van der Waals surface area contributed by atoms with Crippen LogP contribution in [0.2, 0.25) is 11.6 Å². The number of ether oxygens (including phenoxy) is 2. The predicted octanol–water partition coefficient (Wildman–Crippen LogP) is -1.59. The van der Waals surface area contributed by atoms with Crippen molar-refractivity contribution in [1.29, 1.82) is 0 Å². The molecule has 2 saturated heterocycles. The molecular formula is C25H28B3N3O6. The molecule has 3 unspecified atom stereocenters. The number of nitrogens with zero attached hydrogens (tertiary/aromatic N) is 2. The summed E-state index contributed by atoms with van der Waals surface area (Å²) < 4.78 is 11.3. The van der Waals surface area contributed by atoms with E-state index in [1.54, 1.807) is 37.6 Å². The summed E-state index contributed by atoms with van der Waals surface area (Å²) in [7, 11) is 5.34. The van der Waals surface area contributed by atoms with Crippen LogP contribution in [0, 0.1) is 0 Å². The van der Waals surface area contributed by atoms with Gasteiger partial charge in [-0.25, -0.2) is 0 Å². The van der Waals surface area contributed by atoms with E-state index in [-0.39, 0.29) is 36.7 Å². The minimum absolute atomic E-state index is 0.00444. The fourth-order valence-electron chi connectivity index (χ4n) is 5.30. The molecule has 3 atom stereocenters. The molecule has 4 amide bonds. The standard InChI is InChI=1S/C25H28B3N3O6/c26-20-21(27)25(28,24(35)29-22(20)33)31-11-17-16(23(31)34)2-1-3-18(17)37-12-15-6-4-14(5-7-15)10-30-8-9-36-13-19(30)32/h1-7,20-21H,8-13,26-28H2,(H,29,33,35). The Morgan fingerprint density at radius 3 is 2.51 bits per heavy atom. The van der Waals surface area contributed by atoms with Crippen molar-refractivity contribution in [3.05, 3.63) is 64.7 Å². The Balaban J connectivity index is 1.28. The number of piperidine rings is 1. The summed E-state index contributed by atoms with van der Waals surface area (Å²) in [5.41, 5.74) is 2.07. The molecule has 0 radical (unpaired) electrons. The van der Waals surface area contributed by atoms with Gasteiger partial charge >= 0.3 is 0 Å². The molecule has 0 aliphatic carbocycles. The zero-order chi connectivity index (χ0) is 26.3. The van der Waals surface area contributed by atoms with Crippen LogP contribution in [0.4, 0.5) is 0 Å². The lowest BCUT2D eigenvalue weighted by Gasteiger charge is -2.47. The number of imide groups is 1. The second-order valence-corrected chi connectivity index (χ2v) is 10.2. The maximum absolute atomic E-state index is 13.4. The maximum atomic E-state index is 13.4. The number of morpholine rings is 1. The van der Waals surface area contributed by atoms with Gasteiger partial charge in [-0.1, -0.05) is 30.3 Å². The van der Waals surface area contributed by atoms with Gasteiger partial charge in [0.15, 0.2) is 0 Å². The molecule has 0 bridgehead atoms. The molecule has 188 valence electrons. The molecule has 2 aromatic carbocycles. The number of hydrogen-bond donors (Lipinski definition) is 1. The Labute approximate surface area is 218 Å². The van der Waals surface area contributed by atoms with Gasteiger partial charge in [0.2, 0.25) is 17.7 Å². The van der Waals surface area contributed by atoms with Crippen molar-refractivity contribution in [2.24, 2.45) is 0 Å². The minimum atomic E-state index is -1.15. The number of rotatable bonds is 6. The second kappa shape index (κ2) is 9.74. The molecule has 1 N–H and O–H groups in total. The number of carbonyl (C=O) groups is 4. The molecule has 37 heavy (non-hydrogen) atoms. The van der Waals surface area contributed by atoms with Gasteiger partial charge in [-0.15, -0.1) is 0 Å². The van der Waals surface area contributed by atoms with Crippen LogP contribution in [0.1, 0.15) is 27.0 Å². The van der Waals surface area contributed by atoms with Gasteiger partial charge in [0.05, 0.1) is 18.6 Å². The average molecular weight is 499 g/mol. The summed E-state index contributed by atoms with van der Waals surface area (Å²) in [6.45, 7) is 2.36. The third kappa shape index (κ3) is 4.43. The molecule has 12 heteroatoms. The molecule has 0 aromatic heterocycles. The van der Waals surface area contributed by atoms with Crippen LogP contribution in [0.5, 0.6) is 5.75 Å². The Hall–Kier alpha value is -3.53. The van der Waals surface area contributed by atoms with E-state index < -0.39 is 17.2 Å². The van der Waals surface area contributed by atoms with Gasteiger partial charge < -0.3 is 19.3 Å². The van der Waals surface area contributed by atoms with Crippen molar-refractivity contribution in [1.82, 2.24) is 15.1 Å². The van der Waals surface area contributed by atoms with E-state index in [4.69, 9.17) is 9.47 Å². The van der Waals surface area contributed by atoms with E-state index in [1.165, 1.54) is 0 Å². The second-order valence-electron chi connectivity index (χ2n) is 10.2. The molecule has 9 nitrogen and oxygen atoms in total. The quantitative estimate of drug-likeness (QED) is 0.380. The molecule has 3 aliphatic rings. The molecule has 0 saturated carbocycles. The highest BCUT2D eigenvalue weighted by Gasteiger charge is 2.54. The number of nitrogens with one attached hydrogen (secondary N) is 1. The van der Waals surface area contributed by atoms with Crippen LogP contribution >= 0.6 is 0 Å². The summed E-state index contributed by atoms with van der Waals surface area (Å²) in [6, 6.07) is 13.2. The van der Waals surface area contributed by atoms with E-state index in [2.05, 4.69) is 5.32 Å². The van der Waals surface area contributed by atoms with Crippen molar-refractivity contribution in [2.75, 3.05) is 19.8 Å². The molecular weight excluding hydrogens is 471 g/mol. The first-order valence-electron chi connectivity index (χ1n) is 12.6. The lowest BCUT2D eigenvalue weighted by Crippen LogP contribution is -2.67. The average Bonchev–Trinajstić information content (AvgIpc) is 3.24. The fourth-order valence-corrected chi connectivity index (χ4v) is 5.30. The zero-order valence-electron chi connectivity index (χ0n) is 21.3. The number of hydrogen-bond acceptors (Lipinski definition) is 6. The Morgan fingerprint density at radius 1 is 1.05 bits per heavy atom. The number of fused-ring (bicyclic) bond motifs is 1. The van der Waals surface area contributed by atoms with Crippen LogP contribution in [0.25, 0.3) is 0 Å². The van der Waals surface area contributed by atoms with Crippen molar-refractivity contribution >= 4 is 47.2 Å². The van der Waals surface area contributed by atoms with Gasteiger partial charge in [-0.3, -0.25) is 24.5 Å². The third-order valence-corrected chi connectivity index (χ3v) is 8.11. The Kier molecular flexibility index (Phi) is 6.62. The van der Waals surface area contributed by atoms with Crippen LogP contribution in [0.3, 0.4) is 0 Å². The van der Waals surface area contributed by atoms with Gasteiger partial charge in [-0.05, 0) is 29.1 Å². The monoisotopic (exact) mass is 499 g/mol. The first kappa shape index (κ1) is 25.1. The summed E-state index contributed by atoms with van der Waals surface area (Å²) in [5, 5.41) is 2.44. The highest BCUT2D eigenvalue weighted by molar-refractivity contribution is 6.43. The highest BCUT2D eigenvalue weighted by atomic mass is 16.5. The first-order valence-corrected chi connectivity index (χ1v) is 12.6. The largest absolute Gasteiger partial charge is 0.489 e. The third-order valence-electron chi connectivity index (χ3n) is 8.11. The zero-order valence-corrected chi connectivity index (χ0v) is 21.3. The van der Waals surface area contributed by atoms with Crippen LogP contribution < -0.4 is 10.1 Å². The van der Waals surface area contributed by atoms with E-state index in [0.717, 1.165) is 16.7 Å². The fraction of sp³-hybridized carbons (Fsp3) is 0.360. The SMILES string of the molecule is BC1C(=O)NC(=O)C(B)(N2Cc3c(OCc4ccc(CN5CCOCC5=O)cc4)cccc3C2=O)C1B. The summed E-state index contributed by atoms with van der Waals surface area (Å²) in [5.74, 6) is -1.17. The summed E-state index contributed by atoms with van der Waals surface area (Å²) in [4.78, 5) is 53.8. The maximum Gasteiger partial charge on any atom is 0.254 e.